The van der Waals surface area contributed by atoms with Crippen molar-refractivity contribution < 1.29 is 18.7 Å². The molecule has 0 aliphatic carbocycles. The molecule has 3 heterocycles. The lowest BCUT2D eigenvalue weighted by Gasteiger charge is -2.37. The molecule has 2 unspecified atom stereocenters. The summed E-state index contributed by atoms with van der Waals surface area (Å²) in [5.74, 6) is 0.675. The normalized spacial score (nSPS) is 20.4. The number of rotatable bonds is 10. The van der Waals surface area contributed by atoms with E-state index in [2.05, 4.69) is 54.1 Å². The molecular formula is C25H35N5O4S2Si. The second-order valence-electron chi connectivity index (χ2n) is 10.4. The Hall–Kier alpha value is -1.96. The van der Waals surface area contributed by atoms with Gasteiger partial charge in [-0.3, -0.25) is 9.36 Å². The monoisotopic (exact) mass is 561 g/mol. The van der Waals surface area contributed by atoms with Gasteiger partial charge < -0.3 is 19.2 Å². The van der Waals surface area contributed by atoms with Crippen LogP contribution >= 0.6 is 21.6 Å². The minimum absolute atomic E-state index is 0.105. The second kappa shape index (κ2) is 11.8. The lowest BCUT2D eigenvalue weighted by atomic mass is 10.2. The van der Waals surface area contributed by atoms with Gasteiger partial charge in [0.2, 0.25) is 0 Å². The molecule has 3 aromatic rings. The van der Waals surface area contributed by atoms with Gasteiger partial charge in [-0.15, -0.1) is 0 Å². The number of ether oxygens (including phenoxy) is 2. The van der Waals surface area contributed by atoms with E-state index in [1.807, 2.05) is 29.0 Å². The van der Waals surface area contributed by atoms with Crippen molar-refractivity contribution in [2.45, 2.75) is 63.8 Å². The van der Waals surface area contributed by atoms with Gasteiger partial charge in [-0.1, -0.05) is 60.6 Å². The van der Waals surface area contributed by atoms with E-state index >= 15 is 0 Å². The minimum Gasteiger partial charge on any atom is -0.414 e. The Kier molecular flexibility index (Phi) is 8.97. The third kappa shape index (κ3) is 6.55. The maximum Gasteiger partial charge on any atom is 0.256 e. The molecule has 9 nitrogen and oxygen atoms in total. The number of imidazole rings is 1. The summed E-state index contributed by atoms with van der Waals surface area (Å²) in [7, 11) is 1.38. The smallest absolute Gasteiger partial charge is 0.256 e. The maximum atomic E-state index is 12.7. The van der Waals surface area contributed by atoms with Crippen LogP contribution in [0.1, 0.15) is 43.8 Å². The summed E-state index contributed by atoms with van der Waals surface area (Å²) < 4.78 is 21.1. The lowest BCUT2D eigenvalue weighted by Crippen LogP contribution is -2.44. The van der Waals surface area contributed by atoms with Gasteiger partial charge in [-0.05, 0) is 36.5 Å². The number of benzene rings is 1. The van der Waals surface area contributed by atoms with Gasteiger partial charge >= 0.3 is 0 Å². The van der Waals surface area contributed by atoms with Gasteiger partial charge in [-0.2, -0.15) is 0 Å². The molecule has 12 heteroatoms. The Morgan fingerprint density at radius 3 is 2.68 bits per heavy atom. The Balaban J connectivity index is 1.53. The van der Waals surface area contributed by atoms with E-state index in [0.717, 1.165) is 0 Å². The summed E-state index contributed by atoms with van der Waals surface area (Å²) in [5.41, 5.74) is 1.64. The van der Waals surface area contributed by atoms with E-state index in [9.17, 15) is 4.79 Å². The molecule has 1 aliphatic heterocycles. The number of fused-ring (bicyclic) bond motifs is 1. The third-order valence-electron chi connectivity index (χ3n) is 6.98. The zero-order valence-corrected chi connectivity index (χ0v) is 24.8. The fourth-order valence-corrected chi connectivity index (χ4v) is 5.59. The first-order chi connectivity index (χ1) is 17.6. The third-order valence-corrected chi connectivity index (χ3v) is 12.9. The molecule has 0 bridgehead atoms. The van der Waals surface area contributed by atoms with E-state index < -0.39 is 8.32 Å². The minimum atomic E-state index is -1.95. The average molecular weight is 562 g/mol. The van der Waals surface area contributed by atoms with Gasteiger partial charge in [0.15, 0.2) is 25.3 Å². The van der Waals surface area contributed by atoms with Crippen LogP contribution in [-0.2, 0) is 13.9 Å². The molecule has 4 rings (SSSR count). The second-order valence-corrected chi connectivity index (χ2v) is 17.7. The van der Waals surface area contributed by atoms with Crippen molar-refractivity contribution in [2.75, 3.05) is 24.1 Å². The molecular weight excluding hydrogens is 527 g/mol. The van der Waals surface area contributed by atoms with Crippen LogP contribution in [0.25, 0.3) is 11.2 Å². The highest BCUT2D eigenvalue weighted by Gasteiger charge is 2.42. The molecule has 1 amide bonds. The molecule has 2 aromatic heterocycles. The summed E-state index contributed by atoms with van der Waals surface area (Å²) in [6.45, 7) is 11.6. The highest BCUT2D eigenvalue weighted by Crippen LogP contribution is 2.39. The lowest BCUT2D eigenvalue weighted by molar-refractivity contribution is -0.0506. The van der Waals surface area contributed by atoms with Crippen molar-refractivity contribution in [3.05, 3.63) is 48.5 Å². The topological polar surface area (TPSA) is 100 Å². The number of nitrogens with one attached hydrogen (secondary N) is 1. The summed E-state index contributed by atoms with van der Waals surface area (Å²) in [6, 6.07) is 9.00. The number of amides is 1. The molecule has 3 atom stereocenters. The quantitative estimate of drug-likeness (QED) is 0.144. The molecule has 1 saturated heterocycles. The van der Waals surface area contributed by atoms with Gasteiger partial charge in [0, 0.05) is 12.0 Å². The molecule has 1 N–H and O–H groups in total. The first-order valence-electron chi connectivity index (χ1n) is 12.2. The van der Waals surface area contributed by atoms with Crippen LogP contribution < -0.4 is 5.32 Å². The average Bonchev–Trinajstić information content (AvgIpc) is 3.47. The van der Waals surface area contributed by atoms with E-state index in [4.69, 9.17) is 13.9 Å². The zero-order chi connectivity index (χ0) is 26.6. The fraction of sp³-hybridized carbons (Fsp3) is 0.520. The fourth-order valence-electron chi connectivity index (χ4n) is 3.79. The number of nitrogens with zero attached hydrogens (tertiary/aromatic N) is 4. The van der Waals surface area contributed by atoms with Crippen LogP contribution in [0.3, 0.4) is 0 Å². The highest BCUT2D eigenvalue weighted by atomic mass is 33.1. The van der Waals surface area contributed by atoms with Crippen molar-refractivity contribution in [2.24, 2.45) is 0 Å². The van der Waals surface area contributed by atoms with E-state index in [1.165, 1.54) is 6.33 Å². The largest absolute Gasteiger partial charge is 0.414 e. The van der Waals surface area contributed by atoms with E-state index in [0.29, 0.717) is 41.5 Å². The Labute approximate surface area is 227 Å². The van der Waals surface area contributed by atoms with Crippen LogP contribution in [0.4, 0.5) is 5.82 Å². The molecule has 1 fully saturated rings. The Morgan fingerprint density at radius 1 is 1.22 bits per heavy atom. The van der Waals surface area contributed by atoms with Crippen molar-refractivity contribution in [3.63, 3.8) is 0 Å². The molecule has 37 heavy (non-hydrogen) atoms. The summed E-state index contributed by atoms with van der Waals surface area (Å²) in [5, 5.41) is 2.96. The number of hydrogen-bond donors (Lipinski definition) is 1. The summed E-state index contributed by atoms with van der Waals surface area (Å²) in [4.78, 5) is 25.9. The van der Waals surface area contributed by atoms with Crippen molar-refractivity contribution in [3.8, 4) is 0 Å². The molecule has 0 radical (unpaired) electrons. The SMILES string of the molecule is CSSCOC1C[C@H](n2cnc3c(NC(=O)c4ccccc4)ncnc32)OC1CO[Si](C)(C)C(C)(C)C. The first-order valence-corrected chi connectivity index (χ1v) is 17.8. The standard InChI is InChI=1S/C25H35N5O4S2Si/c1-25(2,3)37(5,6)33-13-19-18(32-16-36-35-4)12-20(34-19)30-15-28-21-22(26-14-27-23(21)30)29-24(31)17-10-8-7-9-11-17/h7-11,14-15,18-20H,12-13,16H2,1-6H3,(H,26,27,29,31)/t18?,19?,20-/m1/s1. The predicted octanol–water partition coefficient (Wildman–Crippen LogP) is 5.74. The highest BCUT2D eigenvalue weighted by molar-refractivity contribution is 8.76. The molecule has 200 valence electrons. The van der Waals surface area contributed by atoms with Crippen LogP contribution in [0, 0.1) is 0 Å². The Bertz CT molecular complexity index is 1200. The predicted molar refractivity (Wildman–Crippen MR) is 152 cm³/mol. The molecule has 1 aliphatic rings. The number of aromatic nitrogens is 4. The van der Waals surface area contributed by atoms with Gasteiger partial charge in [0.05, 0.1) is 19.0 Å². The van der Waals surface area contributed by atoms with Crippen molar-refractivity contribution in [1.82, 2.24) is 19.5 Å². The van der Waals surface area contributed by atoms with Crippen LogP contribution in [0.15, 0.2) is 43.0 Å². The van der Waals surface area contributed by atoms with Gasteiger partial charge in [-0.25, -0.2) is 15.0 Å². The van der Waals surface area contributed by atoms with Gasteiger partial charge in [0.25, 0.3) is 5.91 Å². The molecule has 1 aromatic carbocycles. The van der Waals surface area contributed by atoms with E-state index in [1.54, 1.807) is 40.0 Å². The zero-order valence-electron chi connectivity index (χ0n) is 22.1. The Morgan fingerprint density at radius 2 is 1.97 bits per heavy atom. The van der Waals surface area contributed by atoms with Crippen molar-refractivity contribution in [1.29, 1.82) is 0 Å². The molecule has 0 spiro atoms. The van der Waals surface area contributed by atoms with E-state index in [-0.39, 0.29) is 29.4 Å². The van der Waals surface area contributed by atoms with Crippen LogP contribution in [0.5, 0.6) is 0 Å². The molecule has 0 saturated carbocycles. The first kappa shape index (κ1) is 28.1. The number of carbonyl (C=O) groups excluding carboxylic acids is 1. The number of carbonyl (C=O) groups is 1. The van der Waals surface area contributed by atoms with Gasteiger partial charge in [0.1, 0.15) is 24.6 Å². The maximum absolute atomic E-state index is 12.7. The summed E-state index contributed by atoms with van der Waals surface area (Å²) >= 11 is 0. The van der Waals surface area contributed by atoms with Crippen LogP contribution in [0.2, 0.25) is 18.1 Å². The summed E-state index contributed by atoms with van der Waals surface area (Å²) in [6.07, 6.45) is 5.14. The number of anilines is 1. The van der Waals surface area contributed by atoms with Crippen molar-refractivity contribution >= 4 is 52.8 Å². The number of hydrogen-bond acceptors (Lipinski definition) is 9. The van der Waals surface area contributed by atoms with Crippen LogP contribution in [-0.4, -0.2) is 64.8 Å².